The minimum Gasteiger partial charge on any atom is -0.449 e. The first-order valence-electron chi connectivity index (χ1n) is 8.78. The number of hydrogen-bond acceptors (Lipinski definition) is 5. The molecule has 3 rings (SSSR count). The molecule has 2 heterocycles. The van der Waals surface area contributed by atoms with E-state index in [9.17, 15) is 0 Å². The molecule has 0 saturated carbocycles. The van der Waals surface area contributed by atoms with E-state index in [2.05, 4.69) is 48.3 Å². The molecule has 0 radical (unpaired) electrons. The van der Waals surface area contributed by atoms with E-state index in [1.54, 1.807) is 6.07 Å². The maximum Gasteiger partial charge on any atom is 0.203 e. The van der Waals surface area contributed by atoms with E-state index in [-0.39, 0.29) is 12.2 Å². The molecule has 0 spiro atoms. The Morgan fingerprint density at radius 3 is 2.48 bits per heavy atom. The second kappa shape index (κ2) is 8.30. The van der Waals surface area contributed by atoms with Gasteiger partial charge in [-0.2, -0.15) is 5.26 Å². The van der Waals surface area contributed by atoms with E-state index in [4.69, 9.17) is 14.4 Å². The fourth-order valence-corrected chi connectivity index (χ4v) is 3.39. The lowest BCUT2D eigenvalue weighted by atomic mass is 10.1. The molecule has 1 saturated heterocycles. The number of benzene rings is 1. The van der Waals surface area contributed by atoms with Gasteiger partial charge in [-0.3, -0.25) is 4.90 Å². The zero-order valence-corrected chi connectivity index (χ0v) is 14.9. The molecule has 1 aliphatic heterocycles. The summed E-state index contributed by atoms with van der Waals surface area (Å²) in [6.45, 7) is 8.53. The third-order valence-electron chi connectivity index (χ3n) is 4.39. The number of ether oxygens (including phenoxy) is 1. The maximum absolute atomic E-state index is 8.81. The van der Waals surface area contributed by atoms with Gasteiger partial charge in [-0.25, -0.2) is 0 Å². The minimum atomic E-state index is 0.280. The summed E-state index contributed by atoms with van der Waals surface area (Å²) in [5.74, 6) is 1.14. The van der Waals surface area contributed by atoms with Crippen molar-refractivity contribution in [3.63, 3.8) is 0 Å². The molecule has 1 N–H and O–H groups in total. The molecule has 1 aromatic carbocycles. The Hall–Kier alpha value is -2.13. The van der Waals surface area contributed by atoms with Crippen LogP contribution in [0.1, 0.15) is 36.5 Å². The van der Waals surface area contributed by atoms with Gasteiger partial charge in [0.1, 0.15) is 11.8 Å². The molecule has 0 unspecified atom stereocenters. The van der Waals surface area contributed by atoms with Crippen molar-refractivity contribution in [1.29, 1.82) is 5.26 Å². The molecule has 2 aromatic rings. The predicted octanol–water partition coefficient (Wildman–Crippen LogP) is 3.05. The van der Waals surface area contributed by atoms with E-state index in [0.29, 0.717) is 12.3 Å². The normalized spacial score (nSPS) is 21.2. The average molecular weight is 339 g/mol. The monoisotopic (exact) mass is 339 g/mol. The van der Waals surface area contributed by atoms with Crippen LogP contribution in [0.15, 0.2) is 40.8 Å². The van der Waals surface area contributed by atoms with Crippen LogP contribution in [0, 0.1) is 11.3 Å². The first kappa shape index (κ1) is 17.7. The van der Waals surface area contributed by atoms with E-state index >= 15 is 0 Å². The number of furan rings is 1. The van der Waals surface area contributed by atoms with Crippen molar-refractivity contribution < 1.29 is 9.15 Å². The third kappa shape index (κ3) is 4.93. The van der Waals surface area contributed by atoms with Crippen LogP contribution in [0.4, 0.5) is 0 Å². The van der Waals surface area contributed by atoms with Crippen LogP contribution in [-0.2, 0) is 24.4 Å². The SMILES string of the molecule is C[C@@H]1CN(Cc2ccccc2CNCc2ccc(C#N)o2)C[C@H](C)O1. The lowest BCUT2D eigenvalue weighted by Crippen LogP contribution is -2.45. The second-order valence-electron chi connectivity index (χ2n) is 6.70. The Kier molecular flexibility index (Phi) is 5.87. The van der Waals surface area contributed by atoms with Gasteiger partial charge in [0.05, 0.1) is 18.8 Å². The molecule has 0 amide bonds. The highest BCUT2D eigenvalue weighted by atomic mass is 16.5. The number of nitrogens with one attached hydrogen (secondary N) is 1. The lowest BCUT2D eigenvalue weighted by molar-refractivity contribution is -0.0705. The average Bonchev–Trinajstić information content (AvgIpc) is 3.03. The smallest absolute Gasteiger partial charge is 0.203 e. The van der Waals surface area contributed by atoms with Crippen LogP contribution in [0.3, 0.4) is 0 Å². The zero-order valence-electron chi connectivity index (χ0n) is 14.9. The molecule has 5 heteroatoms. The van der Waals surface area contributed by atoms with Crippen LogP contribution >= 0.6 is 0 Å². The standard InChI is InChI=1S/C20H25N3O2/c1-15-12-23(13-16(2)24-15)14-18-6-4-3-5-17(18)10-22-11-20-8-7-19(9-21)25-20/h3-8,15-16,22H,10-14H2,1-2H3/t15-,16+. The summed E-state index contributed by atoms with van der Waals surface area (Å²) in [6.07, 6.45) is 0.560. The predicted molar refractivity (Wildman–Crippen MR) is 95.7 cm³/mol. The molecule has 0 aliphatic carbocycles. The first-order chi connectivity index (χ1) is 12.1. The second-order valence-corrected chi connectivity index (χ2v) is 6.70. The number of rotatable bonds is 6. The third-order valence-corrected chi connectivity index (χ3v) is 4.39. The summed E-state index contributed by atoms with van der Waals surface area (Å²) in [5, 5.41) is 12.2. The van der Waals surface area contributed by atoms with Gasteiger partial charge in [0.15, 0.2) is 0 Å². The number of hydrogen-bond donors (Lipinski definition) is 1. The highest BCUT2D eigenvalue weighted by molar-refractivity contribution is 5.27. The lowest BCUT2D eigenvalue weighted by Gasteiger charge is -2.35. The fourth-order valence-electron chi connectivity index (χ4n) is 3.39. The van der Waals surface area contributed by atoms with Crippen molar-refractivity contribution in [2.75, 3.05) is 13.1 Å². The van der Waals surface area contributed by atoms with Gasteiger partial charge < -0.3 is 14.5 Å². The van der Waals surface area contributed by atoms with E-state index < -0.39 is 0 Å². The summed E-state index contributed by atoms with van der Waals surface area (Å²) in [4.78, 5) is 2.46. The Morgan fingerprint density at radius 2 is 1.80 bits per heavy atom. The number of morpholine rings is 1. The largest absolute Gasteiger partial charge is 0.449 e. The molecule has 1 aromatic heterocycles. The van der Waals surface area contributed by atoms with Gasteiger partial charge in [0.25, 0.3) is 0 Å². The summed E-state index contributed by atoms with van der Waals surface area (Å²) >= 11 is 0. The molecule has 132 valence electrons. The summed E-state index contributed by atoms with van der Waals surface area (Å²) in [5.41, 5.74) is 2.63. The van der Waals surface area contributed by atoms with Gasteiger partial charge >= 0.3 is 0 Å². The van der Waals surface area contributed by atoms with Crippen molar-refractivity contribution in [3.05, 3.63) is 59.0 Å². The molecule has 2 atom stereocenters. The molecule has 1 aliphatic rings. The van der Waals surface area contributed by atoms with Crippen molar-refractivity contribution in [1.82, 2.24) is 10.2 Å². The van der Waals surface area contributed by atoms with Gasteiger partial charge in [0, 0.05) is 26.2 Å². The minimum absolute atomic E-state index is 0.280. The molecule has 0 bridgehead atoms. The van der Waals surface area contributed by atoms with Crippen LogP contribution in [-0.4, -0.2) is 30.2 Å². The van der Waals surface area contributed by atoms with Crippen LogP contribution in [0.2, 0.25) is 0 Å². The van der Waals surface area contributed by atoms with Gasteiger partial charge in [0.2, 0.25) is 5.76 Å². The molecule has 1 fully saturated rings. The Morgan fingerprint density at radius 1 is 1.08 bits per heavy atom. The Bertz CT molecular complexity index is 725. The molecule has 5 nitrogen and oxygen atoms in total. The van der Waals surface area contributed by atoms with Gasteiger partial charge in [-0.1, -0.05) is 24.3 Å². The van der Waals surface area contributed by atoms with Gasteiger partial charge in [-0.15, -0.1) is 0 Å². The quantitative estimate of drug-likeness (QED) is 0.876. The topological polar surface area (TPSA) is 61.4 Å². The van der Waals surface area contributed by atoms with E-state index in [1.165, 1.54) is 11.1 Å². The van der Waals surface area contributed by atoms with E-state index in [0.717, 1.165) is 31.9 Å². The zero-order chi connectivity index (χ0) is 17.6. The summed E-state index contributed by atoms with van der Waals surface area (Å²) in [6, 6.07) is 14.1. The number of nitriles is 1. The molecule has 25 heavy (non-hydrogen) atoms. The first-order valence-corrected chi connectivity index (χ1v) is 8.78. The van der Waals surface area contributed by atoms with Crippen molar-refractivity contribution in [2.45, 2.75) is 45.7 Å². The van der Waals surface area contributed by atoms with Crippen LogP contribution < -0.4 is 5.32 Å². The Balaban J connectivity index is 1.58. The van der Waals surface area contributed by atoms with E-state index in [1.807, 2.05) is 12.1 Å². The van der Waals surface area contributed by atoms with Crippen molar-refractivity contribution in [3.8, 4) is 6.07 Å². The summed E-state index contributed by atoms with van der Waals surface area (Å²) in [7, 11) is 0. The Labute approximate surface area is 149 Å². The van der Waals surface area contributed by atoms with Crippen LogP contribution in [0.25, 0.3) is 0 Å². The van der Waals surface area contributed by atoms with Crippen LogP contribution in [0.5, 0.6) is 0 Å². The number of nitrogens with zero attached hydrogens (tertiary/aromatic N) is 2. The van der Waals surface area contributed by atoms with Crippen molar-refractivity contribution >= 4 is 0 Å². The highest BCUT2D eigenvalue weighted by Gasteiger charge is 2.22. The van der Waals surface area contributed by atoms with Gasteiger partial charge in [-0.05, 0) is 37.1 Å². The van der Waals surface area contributed by atoms with Crippen molar-refractivity contribution in [2.24, 2.45) is 0 Å². The maximum atomic E-state index is 8.81. The highest BCUT2D eigenvalue weighted by Crippen LogP contribution is 2.17. The fraction of sp³-hybridized carbons (Fsp3) is 0.450. The molecular formula is C20H25N3O2. The molecular weight excluding hydrogens is 314 g/mol. The summed E-state index contributed by atoms with van der Waals surface area (Å²) < 4.78 is 11.2.